The van der Waals surface area contributed by atoms with Crippen LogP contribution >= 0.6 is 11.6 Å². The average Bonchev–Trinajstić information content (AvgIpc) is 2.77. The minimum absolute atomic E-state index is 0.215. The van der Waals surface area contributed by atoms with E-state index in [1.54, 1.807) is 39.0 Å². The third-order valence-corrected chi connectivity index (χ3v) is 5.66. The largest absolute Gasteiger partial charge is 0.486 e. The molecule has 0 radical (unpaired) electrons. The number of hydrogen-bond donors (Lipinski definition) is 0. The van der Waals surface area contributed by atoms with Gasteiger partial charge in [0.25, 0.3) is 0 Å². The lowest BCUT2D eigenvalue weighted by atomic mass is 9.88. The summed E-state index contributed by atoms with van der Waals surface area (Å²) in [6.45, 7) is 15.7. The fraction of sp³-hybridized carbons (Fsp3) is 0.571. The number of carbonyl (C=O) groups excluding carboxylic acids is 2. The van der Waals surface area contributed by atoms with Crippen LogP contribution in [-0.4, -0.2) is 25.2 Å². The summed E-state index contributed by atoms with van der Waals surface area (Å²) >= 11 is 6.36. The van der Waals surface area contributed by atoms with Crippen LogP contribution in [0.25, 0.3) is 10.8 Å². The zero-order valence-electron chi connectivity index (χ0n) is 22.3. The zero-order chi connectivity index (χ0) is 26.4. The first-order chi connectivity index (χ1) is 16.4. The Hall–Kier alpha value is -2.47. The highest BCUT2D eigenvalue weighted by Crippen LogP contribution is 2.53. The van der Waals surface area contributed by atoms with Crippen molar-refractivity contribution in [3.8, 4) is 23.0 Å². The van der Waals surface area contributed by atoms with Crippen molar-refractivity contribution in [3.63, 3.8) is 0 Å². The van der Waals surface area contributed by atoms with Crippen LogP contribution in [0.4, 0.5) is 0 Å². The SMILES string of the molecule is CCCOc1c(OCCC)c(OC(=O)C(C)(C)CCC)c2cc(Cl)ccc2c1OC(=O)C(C)(C)C. The lowest BCUT2D eigenvalue weighted by molar-refractivity contribution is -0.144. The Morgan fingerprint density at radius 2 is 1.26 bits per heavy atom. The molecule has 0 aliphatic heterocycles. The molecule has 0 atom stereocenters. The quantitative estimate of drug-likeness (QED) is 0.229. The molecule has 0 aliphatic rings. The molecule has 0 spiro atoms. The van der Waals surface area contributed by atoms with E-state index in [0.29, 0.717) is 41.9 Å². The summed E-state index contributed by atoms with van der Waals surface area (Å²) in [7, 11) is 0. The molecule has 0 heterocycles. The summed E-state index contributed by atoms with van der Waals surface area (Å²) in [5.74, 6) is 0.0972. The Bertz CT molecular complexity index is 1050. The lowest BCUT2D eigenvalue weighted by Crippen LogP contribution is -2.29. The van der Waals surface area contributed by atoms with Crippen LogP contribution in [0.3, 0.4) is 0 Å². The van der Waals surface area contributed by atoms with Crippen molar-refractivity contribution in [1.82, 2.24) is 0 Å². The maximum Gasteiger partial charge on any atom is 0.317 e. The van der Waals surface area contributed by atoms with Gasteiger partial charge in [0.1, 0.15) is 0 Å². The Kier molecular flexibility index (Phi) is 9.85. The van der Waals surface area contributed by atoms with E-state index >= 15 is 0 Å². The molecule has 2 rings (SSSR count). The van der Waals surface area contributed by atoms with E-state index in [1.165, 1.54) is 0 Å². The van der Waals surface area contributed by atoms with E-state index in [4.69, 9.17) is 30.5 Å². The van der Waals surface area contributed by atoms with Gasteiger partial charge in [0.05, 0.1) is 24.0 Å². The van der Waals surface area contributed by atoms with Gasteiger partial charge in [0.2, 0.25) is 11.5 Å². The van der Waals surface area contributed by atoms with Gasteiger partial charge < -0.3 is 18.9 Å². The average molecular weight is 507 g/mol. The number of hydrogen-bond acceptors (Lipinski definition) is 6. The van der Waals surface area contributed by atoms with Gasteiger partial charge in [-0.2, -0.15) is 0 Å². The molecule has 0 fully saturated rings. The number of halogens is 1. The second-order valence-corrected chi connectivity index (χ2v) is 10.8. The van der Waals surface area contributed by atoms with Gasteiger partial charge in [0, 0.05) is 15.8 Å². The van der Waals surface area contributed by atoms with Gasteiger partial charge in [0.15, 0.2) is 11.5 Å². The fourth-order valence-corrected chi connectivity index (χ4v) is 3.60. The van der Waals surface area contributed by atoms with Gasteiger partial charge in [-0.1, -0.05) is 38.8 Å². The van der Waals surface area contributed by atoms with Crippen LogP contribution in [-0.2, 0) is 9.59 Å². The second kappa shape index (κ2) is 12.0. The molecule has 0 aromatic heterocycles. The van der Waals surface area contributed by atoms with Crippen molar-refractivity contribution in [2.45, 2.75) is 81.1 Å². The lowest BCUT2D eigenvalue weighted by Gasteiger charge is -2.26. The molecule has 0 bridgehead atoms. The van der Waals surface area contributed by atoms with Crippen LogP contribution in [0.5, 0.6) is 23.0 Å². The van der Waals surface area contributed by atoms with Crippen molar-refractivity contribution in [2.75, 3.05) is 13.2 Å². The number of benzene rings is 2. The number of rotatable bonds is 11. The van der Waals surface area contributed by atoms with Gasteiger partial charge in [-0.15, -0.1) is 0 Å². The molecule has 6 nitrogen and oxygen atoms in total. The van der Waals surface area contributed by atoms with Crippen LogP contribution in [0.1, 0.15) is 81.1 Å². The molecular formula is C28H39ClO6. The maximum absolute atomic E-state index is 13.3. The van der Waals surface area contributed by atoms with Gasteiger partial charge in [-0.25, -0.2) is 0 Å². The molecule has 7 heteroatoms. The first-order valence-corrected chi connectivity index (χ1v) is 12.7. The van der Waals surface area contributed by atoms with E-state index in [2.05, 4.69) is 0 Å². The summed E-state index contributed by atoms with van der Waals surface area (Å²) < 4.78 is 24.2. The van der Waals surface area contributed by atoms with Crippen LogP contribution < -0.4 is 18.9 Å². The minimum Gasteiger partial charge on any atom is -0.486 e. The summed E-state index contributed by atoms with van der Waals surface area (Å²) in [6, 6.07) is 5.12. The predicted octanol–water partition coefficient (Wildman–Crippen LogP) is 7.75. The molecule has 0 saturated heterocycles. The van der Waals surface area contributed by atoms with Crippen molar-refractivity contribution in [1.29, 1.82) is 0 Å². The van der Waals surface area contributed by atoms with Gasteiger partial charge in [-0.3, -0.25) is 9.59 Å². The van der Waals surface area contributed by atoms with Crippen molar-refractivity contribution in [2.24, 2.45) is 10.8 Å². The van der Waals surface area contributed by atoms with Crippen LogP contribution in [0, 0.1) is 10.8 Å². The second-order valence-electron chi connectivity index (χ2n) is 10.4. The Morgan fingerprint density at radius 1 is 0.743 bits per heavy atom. The Morgan fingerprint density at radius 3 is 1.74 bits per heavy atom. The molecular weight excluding hydrogens is 468 g/mol. The molecule has 2 aromatic carbocycles. The van der Waals surface area contributed by atoms with E-state index in [-0.39, 0.29) is 29.0 Å². The first-order valence-electron chi connectivity index (χ1n) is 12.4. The monoisotopic (exact) mass is 506 g/mol. The standard InChI is InChI=1S/C28H39ClO6/c1-9-14-28(7,8)26(31)35-22-20-17-18(29)12-13-19(20)21(34-25(30)27(4,5)6)23(32-15-10-2)24(22)33-16-11-3/h12-13,17H,9-11,14-16H2,1-8H3. The summed E-state index contributed by atoms with van der Waals surface area (Å²) in [5, 5.41) is 1.49. The highest BCUT2D eigenvalue weighted by atomic mass is 35.5. The van der Waals surface area contributed by atoms with Gasteiger partial charge in [-0.05, 0) is 72.1 Å². The highest BCUT2D eigenvalue weighted by Gasteiger charge is 2.34. The minimum atomic E-state index is -0.749. The normalized spacial score (nSPS) is 11.9. The van der Waals surface area contributed by atoms with Crippen molar-refractivity contribution >= 4 is 34.3 Å². The third kappa shape index (κ3) is 7.03. The number of ether oxygens (including phenoxy) is 4. The Labute approximate surface area is 214 Å². The number of esters is 2. The molecule has 194 valence electrons. The first kappa shape index (κ1) is 28.8. The highest BCUT2D eigenvalue weighted by molar-refractivity contribution is 6.31. The van der Waals surface area contributed by atoms with E-state index in [1.807, 2.05) is 34.6 Å². The number of fused-ring (bicyclic) bond motifs is 1. The van der Waals surface area contributed by atoms with Crippen molar-refractivity contribution < 1.29 is 28.5 Å². The molecule has 0 unspecified atom stereocenters. The van der Waals surface area contributed by atoms with Gasteiger partial charge >= 0.3 is 11.9 Å². The molecule has 2 aromatic rings. The summed E-state index contributed by atoms with van der Waals surface area (Å²) in [6.07, 6.45) is 2.93. The topological polar surface area (TPSA) is 71.1 Å². The van der Waals surface area contributed by atoms with Crippen LogP contribution in [0.2, 0.25) is 5.02 Å². The van der Waals surface area contributed by atoms with E-state index in [0.717, 1.165) is 12.8 Å². The smallest absolute Gasteiger partial charge is 0.317 e. The fourth-order valence-electron chi connectivity index (χ4n) is 3.43. The Balaban J connectivity index is 2.88. The maximum atomic E-state index is 13.3. The molecule has 0 aliphatic carbocycles. The predicted molar refractivity (Wildman–Crippen MR) is 140 cm³/mol. The molecule has 0 saturated carbocycles. The molecule has 35 heavy (non-hydrogen) atoms. The zero-order valence-corrected chi connectivity index (χ0v) is 23.1. The summed E-state index contributed by atoms with van der Waals surface area (Å²) in [5.41, 5.74) is -1.45. The van der Waals surface area contributed by atoms with Crippen molar-refractivity contribution in [3.05, 3.63) is 23.2 Å². The van der Waals surface area contributed by atoms with Crippen LogP contribution in [0.15, 0.2) is 18.2 Å². The third-order valence-electron chi connectivity index (χ3n) is 5.42. The van der Waals surface area contributed by atoms with E-state index < -0.39 is 16.8 Å². The molecule has 0 amide bonds. The van der Waals surface area contributed by atoms with E-state index in [9.17, 15) is 9.59 Å². The summed E-state index contributed by atoms with van der Waals surface area (Å²) in [4.78, 5) is 26.2. The number of carbonyl (C=O) groups is 2. The molecule has 0 N–H and O–H groups in total.